The van der Waals surface area contributed by atoms with Crippen molar-refractivity contribution in [1.82, 2.24) is 14.5 Å². The molecule has 0 spiro atoms. The number of imidazole rings is 1. The summed E-state index contributed by atoms with van der Waals surface area (Å²) in [6.45, 7) is 1.89. The summed E-state index contributed by atoms with van der Waals surface area (Å²) in [7, 11) is 1.59. The number of methoxy groups -OCH3 is 1. The van der Waals surface area contributed by atoms with Crippen LogP contribution in [0.4, 0.5) is 4.39 Å². The number of carbonyl (C=O) groups is 1. The summed E-state index contributed by atoms with van der Waals surface area (Å²) in [4.78, 5) is 20.8. The molecule has 2 aromatic heterocycles. The van der Waals surface area contributed by atoms with E-state index in [9.17, 15) is 9.90 Å². The summed E-state index contributed by atoms with van der Waals surface area (Å²) in [5.41, 5.74) is 5.34. The lowest BCUT2D eigenvalue weighted by molar-refractivity contribution is 0.0697. The zero-order valence-corrected chi connectivity index (χ0v) is 23.2. The number of fused-ring (bicyclic) bond motifs is 2. The maximum atomic E-state index is 15.4. The van der Waals surface area contributed by atoms with Crippen molar-refractivity contribution in [1.29, 1.82) is 0 Å². The Labute approximate surface area is 242 Å². The fourth-order valence-electron chi connectivity index (χ4n) is 5.27. The van der Waals surface area contributed by atoms with Gasteiger partial charge in [-0.1, -0.05) is 36.4 Å². The van der Waals surface area contributed by atoms with Crippen molar-refractivity contribution in [3.63, 3.8) is 0 Å². The number of hydrogen-bond donors (Lipinski definition) is 1. The van der Waals surface area contributed by atoms with Crippen molar-refractivity contribution in [3.05, 3.63) is 107 Å². The number of para-hydroxylation sites is 1. The van der Waals surface area contributed by atoms with Gasteiger partial charge in [-0.15, -0.1) is 0 Å². The second kappa shape index (κ2) is 12.0. The number of pyridine rings is 1. The molecule has 5 aromatic rings. The van der Waals surface area contributed by atoms with Gasteiger partial charge in [-0.3, -0.25) is 0 Å². The zero-order valence-electron chi connectivity index (χ0n) is 23.2. The molecule has 0 bridgehead atoms. The third-order valence-electron chi connectivity index (χ3n) is 7.40. The van der Waals surface area contributed by atoms with Crippen LogP contribution < -0.4 is 9.47 Å². The third kappa shape index (κ3) is 5.69. The molecule has 0 fully saturated rings. The predicted octanol–water partition coefficient (Wildman–Crippen LogP) is 6.08. The van der Waals surface area contributed by atoms with Crippen molar-refractivity contribution < 1.29 is 28.5 Å². The lowest BCUT2D eigenvalue weighted by Crippen LogP contribution is -2.11. The average molecular weight is 568 g/mol. The molecule has 0 saturated heterocycles. The van der Waals surface area contributed by atoms with Crippen molar-refractivity contribution in [2.45, 2.75) is 32.4 Å². The van der Waals surface area contributed by atoms with Crippen molar-refractivity contribution in [3.8, 4) is 22.9 Å². The highest BCUT2D eigenvalue weighted by atomic mass is 19.1. The Kier molecular flexibility index (Phi) is 7.83. The zero-order chi connectivity index (χ0) is 29.1. The molecule has 1 aliphatic heterocycles. The highest BCUT2D eigenvalue weighted by molar-refractivity contribution is 5.92. The summed E-state index contributed by atoms with van der Waals surface area (Å²) in [6.07, 6.45) is 2.24. The Morgan fingerprint density at radius 1 is 1.05 bits per heavy atom. The monoisotopic (exact) mass is 567 g/mol. The van der Waals surface area contributed by atoms with Gasteiger partial charge in [0.25, 0.3) is 0 Å². The minimum Gasteiger partial charge on any atom is -0.493 e. The first-order chi connectivity index (χ1) is 20.5. The van der Waals surface area contributed by atoms with E-state index in [4.69, 9.17) is 14.2 Å². The Bertz CT molecular complexity index is 1770. The smallest absolute Gasteiger partial charge is 0.335 e. The largest absolute Gasteiger partial charge is 0.493 e. The van der Waals surface area contributed by atoms with Crippen LogP contribution in [0.1, 0.15) is 39.3 Å². The van der Waals surface area contributed by atoms with Crippen LogP contribution in [0.2, 0.25) is 0 Å². The maximum absolute atomic E-state index is 15.4. The standard InChI is InChI=1S/C33H30FN3O5/c1-40-16-14-37-29-18-24(33(38)39)12-13-28(29)35-30(37)19-22-10-11-23(17-26(22)34)27-8-3-9-31(36-27)42-20-25-6-2-5-21-7-4-15-41-32(21)25/h2-3,5-6,8-13,17-18H,4,7,14-16,19-20H2,1H3,(H,38,39). The second-order valence-corrected chi connectivity index (χ2v) is 10.2. The van der Waals surface area contributed by atoms with Crippen LogP contribution in [0.5, 0.6) is 11.6 Å². The fraction of sp³-hybridized carbons (Fsp3) is 0.242. The van der Waals surface area contributed by atoms with Gasteiger partial charge in [0.15, 0.2) is 0 Å². The summed E-state index contributed by atoms with van der Waals surface area (Å²) in [6, 6.07) is 21.3. The first-order valence-corrected chi connectivity index (χ1v) is 13.8. The molecule has 1 N–H and O–H groups in total. The van der Waals surface area contributed by atoms with Gasteiger partial charge in [0.1, 0.15) is 24.0 Å². The molecule has 0 amide bonds. The molecular formula is C33H30FN3O5. The Morgan fingerprint density at radius 2 is 1.93 bits per heavy atom. The van der Waals surface area contributed by atoms with Crippen LogP contribution in [0.25, 0.3) is 22.3 Å². The molecule has 42 heavy (non-hydrogen) atoms. The number of benzene rings is 3. The number of aromatic nitrogens is 3. The molecule has 9 heteroatoms. The number of rotatable bonds is 10. The van der Waals surface area contributed by atoms with Crippen LogP contribution in [-0.2, 0) is 30.7 Å². The number of hydrogen-bond acceptors (Lipinski definition) is 6. The van der Waals surface area contributed by atoms with Gasteiger partial charge < -0.3 is 23.9 Å². The number of halogens is 1. The van der Waals surface area contributed by atoms with Gasteiger partial charge in [0, 0.05) is 37.3 Å². The van der Waals surface area contributed by atoms with Crippen LogP contribution in [0, 0.1) is 5.82 Å². The first kappa shape index (κ1) is 27.4. The Morgan fingerprint density at radius 3 is 2.76 bits per heavy atom. The number of ether oxygens (including phenoxy) is 3. The number of aryl methyl sites for hydroxylation is 1. The lowest BCUT2D eigenvalue weighted by atomic mass is 10.0. The number of carboxylic acids is 1. The summed E-state index contributed by atoms with van der Waals surface area (Å²) < 4.78 is 34.5. The first-order valence-electron chi connectivity index (χ1n) is 13.8. The third-order valence-corrected chi connectivity index (χ3v) is 7.40. The molecule has 3 aromatic carbocycles. The van der Waals surface area contributed by atoms with Crippen molar-refractivity contribution in [2.75, 3.05) is 20.3 Å². The lowest BCUT2D eigenvalue weighted by Gasteiger charge is -2.20. The van der Waals surface area contributed by atoms with Crippen LogP contribution >= 0.6 is 0 Å². The summed E-state index contributed by atoms with van der Waals surface area (Å²) in [5.74, 6) is 0.561. The van der Waals surface area contributed by atoms with Gasteiger partial charge in [-0.25, -0.2) is 19.2 Å². The highest BCUT2D eigenvalue weighted by Gasteiger charge is 2.17. The van der Waals surface area contributed by atoms with Gasteiger partial charge in [0.05, 0.1) is 35.5 Å². The van der Waals surface area contributed by atoms with E-state index in [-0.39, 0.29) is 17.8 Å². The van der Waals surface area contributed by atoms with E-state index in [1.54, 1.807) is 31.4 Å². The topological polar surface area (TPSA) is 95.7 Å². The van der Waals surface area contributed by atoms with E-state index in [1.165, 1.54) is 17.7 Å². The van der Waals surface area contributed by atoms with E-state index >= 15 is 4.39 Å². The molecule has 0 atom stereocenters. The molecule has 0 aliphatic carbocycles. The van der Waals surface area contributed by atoms with Crippen molar-refractivity contribution in [2.24, 2.45) is 0 Å². The maximum Gasteiger partial charge on any atom is 0.335 e. The molecule has 0 saturated carbocycles. The predicted molar refractivity (Wildman–Crippen MR) is 156 cm³/mol. The molecule has 214 valence electrons. The fourth-order valence-corrected chi connectivity index (χ4v) is 5.27. The average Bonchev–Trinajstić information content (AvgIpc) is 3.36. The number of aromatic carboxylic acids is 1. The Hall–Kier alpha value is -4.76. The van der Waals surface area contributed by atoms with Crippen molar-refractivity contribution >= 4 is 17.0 Å². The molecule has 1 aliphatic rings. The SMILES string of the molecule is COCCn1c(Cc2ccc(-c3cccc(OCc4cccc5c4OCCC5)n3)cc2F)nc2ccc(C(=O)O)cc21. The van der Waals surface area contributed by atoms with Crippen LogP contribution in [0.15, 0.2) is 72.8 Å². The molecule has 0 radical (unpaired) electrons. The van der Waals surface area contributed by atoms with Crippen LogP contribution in [0.3, 0.4) is 0 Å². The number of nitrogens with zero attached hydrogens (tertiary/aromatic N) is 3. The van der Waals surface area contributed by atoms with Gasteiger partial charge in [0.2, 0.25) is 5.88 Å². The van der Waals surface area contributed by atoms with Crippen LogP contribution in [-0.4, -0.2) is 45.9 Å². The minimum absolute atomic E-state index is 0.165. The van der Waals surface area contributed by atoms with Gasteiger partial charge >= 0.3 is 5.97 Å². The van der Waals surface area contributed by atoms with E-state index in [2.05, 4.69) is 16.0 Å². The summed E-state index contributed by atoms with van der Waals surface area (Å²) in [5, 5.41) is 9.43. The van der Waals surface area contributed by atoms with E-state index in [1.807, 2.05) is 34.9 Å². The molecule has 3 heterocycles. The molecule has 8 nitrogen and oxygen atoms in total. The second-order valence-electron chi connectivity index (χ2n) is 10.2. The molecular weight excluding hydrogens is 537 g/mol. The van der Waals surface area contributed by atoms with E-state index in [0.717, 1.165) is 24.2 Å². The quantitative estimate of drug-likeness (QED) is 0.219. The Balaban J connectivity index is 1.22. The highest BCUT2D eigenvalue weighted by Crippen LogP contribution is 2.30. The molecule has 6 rings (SSSR count). The van der Waals surface area contributed by atoms with E-state index in [0.29, 0.717) is 65.9 Å². The van der Waals surface area contributed by atoms with E-state index < -0.39 is 5.97 Å². The normalized spacial score (nSPS) is 12.6. The number of carboxylic acid groups (broad SMARTS) is 1. The summed E-state index contributed by atoms with van der Waals surface area (Å²) >= 11 is 0. The van der Waals surface area contributed by atoms with Gasteiger partial charge in [-0.2, -0.15) is 0 Å². The molecule has 0 unspecified atom stereocenters. The minimum atomic E-state index is -1.02. The van der Waals surface area contributed by atoms with Gasteiger partial charge in [-0.05, 0) is 54.3 Å².